The third-order valence-electron chi connectivity index (χ3n) is 2.13. The number of rotatable bonds is 3. The Bertz CT molecular complexity index is 498. The Kier molecular flexibility index (Phi) is 3.51. The van der Waals surface area contributed by atoms with Crippen LogP contribution >= 0.6 is 27.5 Å². The van der Waals surface area contributed by atoms with Crippen molar-refractivity contribution < 1.29 is 4.42 Å². The zero-order chi connectivity index (χ0) is 11.5. The number of nitrogens with zero attached hydrogens (tertiary/aromatic N) is 1. The Labute approximate surface area is 107 Å². The molecule has 0 amide bonds. The molecule has 0 fully saturated rings. The van der Waals surface area contributed by atoms with Crippen molar-refractivity contribution in [3.8, 4) is 0 Å². The van der Waals surface area contributed by atoms with E-state index in [1.807, 2.05) is 25.1 Å². The summed E-state index contributed by atoms with van der Waals surface area (Å²) in [4.78, 5) is 4.29. The molecular formula is C11H10BrClN2O. The second-order valence-corrected chi connectivity index (χ2v) is 4.51. The summed E-state index contributed by atoms with van der Waals surface area (Å²) in [5.41, 5.74) is 1.92. The first-order valence-corrected chi connectivity index (χ1v) is 5.93. The van der Waals surface area contributed by atoms with Crippen LogP contribution in [0.25, 0.3) is 0 Å². The van der Waals surface area contributed by atoms with Crippen LogP contribution in [0.2, 0.25) is 5.22 Å². The molecule has 0 radical (unpaired) electrons. The highest BCUT2D eigenvalue weighted by atomic mass is 79.9. The molecule has 0 unspecified atom stereocenters. The summed E-state index contributed by atoms with van der Waals surface area (Å²) in [7, 11) is 0. The van der Waals surface area contributed by atoms with Crippen molar-refractivity contribution in [3.05, 3.63) is 45.5 Å². The summed E-state index contributed by atoms with van der Waals surface area (Å²) in [5.74, 6) is 0.798. The predicted molar refractivity (Wildman–Crippen MR) is 67.7 cm³/mol. The minimum Gasteiger partial charge on any atom is -0.448 e. The van der Waals surface area contributed by atoms with Gasteiger partial charge in [-0.2, -0.15) is 0 Å². The molecule has 2 rings (SSSR count). The van der Waals surface area contributed by atoms with Gasteiger partial charge in [0.15, 0.2) is 5.22 Å². The quantitative estimate of drug-likeness (QED) is 0.870. The first kappa shape index (κ1) is 11.5. The molecule has 5 heteroatoms. The molecule has 0 spiro atoms. The minimum atomic E-state index is 0.405. The number of pyridine rings is 1. The molecule has 2 heterocycles. The topological polar surface area (TPSA) is 38.1 Å². The predicted octanol–water partition coefficient (Wildman–Crippen LogP) is 4.01. The fourth-order valence-electron chi connectivity index (χ4n) is 1.35. The van der Waals surface area contributed by atoms with Crippen molar-refractivity contribution in [2.24, 2.45) is 0 Å². The molecule has 0 bridgehead atoms. The van der Waals surface area contributed by atoms with Crippen LogP contribution in [-0.2, 0) is 6.54 Å². The molecule has 84 valence electrons. The lowest BCUT2D eigenvalue weighted by atomic mass is 10.3. The highest BCUT2D eigenvalue weighted by Gasteiger charge is 2.02. The van der Waals surface area contributed by atoms with Crippen LogP contribution in [0.15, 0.2) is 33.3 Å². The Balaban J connectivity index is 2.04. The molecule has 0 saturated carbocycles. The maximum Gasteiger partial charge on any atom is 0.193 e. The number of hydrogen-bond donors (Lipinski definition) is 1. The van der Waals surface area contributed by atoms with Crippen LogP contribution in [-0.4, -0.2) is 4.98 Å². The Hall–Kier alpha value is -1.00. The number of hydrogen-bond acceptors (Lipinski definition) is 3. The lowest BCUT2D eigenvalue weighted by molar-refractivity contribution is 0.520. The molecule has 2 aromatic heterocycles. The summed E-state index contributed by atoms with van der Waals surface area (Å²) < 4.78 is 6.07. The number of aryl methyl sites for hydroxylation is 1. The van der Waals surface area contributed by atoms with Crippen molar-refractivity contribution in [3.63, 3.8) is 0 Å². The number of anilines is 1. The van der Waals surface area contributed by atoms with E-state index in [9.17, 15) is 0 Å². The van der Waals surface area contributed by atoms with E-state index in [0.29, 0.717) is 11.8 Å². The summed E-state index contributed by atoms with van der Waals surface area (Å²) in [5, 5.41) is 3.64. The molecular weight excluding hydrogens is 291 g/mol. The van der Waals surface area contributed by atoms with Gasteiger partial charge in [0, 0.05) is 0 Å². The van der Waals surface area contributed by atoms with Gasteiger partial charge < -0.3 is 9.73 Å². The number of halogens is 2. The summed E-state index contributed by atoms with van der Waals surface area (Å²) in [6.07, 6.45) is 0. The number of nitrogens with one attached hydrogen (secondary N) is 1. The molecule has 3 nitrogen and oxygen atoms in total. The van der Waals surface area contributed by atoms with Crippen LogP contribution < -0.4 is 5.32 Å². The van der Waals surface area contributed by atoms with Crippen LogP contribution in [0.3, 0.4) is 0 Å². The largest absolute Gasteiger partial charge is 0.448 e. The molecule has 0 aromatic carbocycles. The maximum atomic E-state index is 5.68. The fourth-order valence-corrected chi connectivity index (χ4v) is 1.91. The van der Waals surface area contributed by atoms with E-state index in [2.05, 4.69) is 26.2 Å². The number of furan rings is 1. The third-order valence-corrected chi connectivity index (χ3v) is 2.78. The van der Waals surface area contributed by atoms with E-state index in [-0.39, 0.29) is 0 Å². The molecule has 0 aliphatic rings. The zero-order valence-corrected chi connectivity index (χ0v) is 11.0. The van der Waals surface area contributed by atoms with Crippen molar-refractivity contribution in [1.29, 1.82) is 0 Å². The van der Waals surface area contributed by atoms with Crippen molar-refractivity contribution >= 4 is 33.2 Å². The summed E-state index contributed by atoms with van der Waals surface area (Å²) >= 11 is 9.00. The van der Waals surface area contributed by atoms with E-state index in [4.69, 9.17) is 16.0 Å². The van der Waals surface area contributed by atoms with Crippen molar-refractivity contribution in [2.45, 2.75) is 13.5 Å². The monoisotopic (exact) mass is 300 g/mol. The van der Waals surface area contributed by atoms with Gasteiger partial charge in [-0.1, -0.05) is 0 Å². The van der Waals surface area contributed by atoms with E-state index in [0.717, 1.165) is 21.7 Å². The first-order valence-electron chi connectivity index (χ1n) is 4.76. The lowest BCUT2D eigenvalue weighted by Gasteiger charge is -2.07. The van der Waals surface area contributed by atoms with E-state index >= 15 is 0 Å². The zero-order valence-electron chi connectivity index (χ0n) is 8.63. The molecule has 16 heavy (non-hydrogen) atoms. The van der Waals surface area contributed by atoms with Gasteiger partial charge in [-0.3, -0.25) is 0 Å². The highest BCUT2D eigenvalue weighted by molar-refractivity contribution is 9.10. The lowest BCUT2D eigenvalue weighted by Crippen LogP contribution is -2.01. The Morgan fingerprint density at radius 3 is 2.81 bits per heavy atom. The third kappa shape index (κ3) is 2.77. The summed E-state index contributed by atoms with van der Waals surface area (Å²) in [6, 6.07) is 7.43. The maximum absolute atomic E-state index is 5.68. The molecule has 1 N–H and O–H groups in total. The first-order chi connectivity index (χ1) is 7.65. The van der Waals surface area contributed by atoms with Gasteiger partial charge in [-0.25, -0.2) is 4.98 Å². The van der Waals surface area contributed by atoms with Gasteiger partial charge >= 0.3 is 0 Å². The fraction of sp³-hybridized carbons (Fsp3) is 0.182. The average molecular weight is 302 g/mol. The SMILES string of the molecule is Cc1nc(Br)ccc1NCc1ccc(Cl)o1. The number of aromatic nitrogens is 1. The van der Waals surface area contributed by atoms with Crippen LogP contribution in [0.4, 0.5) is 5.69 Å². The second kappa shape index (κ2) is 4.89. The van der Waals surface area contributed by atoms with E-state index < -0.39 is 0 Å². The van der Waals surface area contributed by atoms with Gasteiger partial charge in [0.05, 0.1) is 17.9 Å². The average Bonchev–Trinajstić information content (AvgIpc) is 2.63. The van der Waals surface area contributed by atoms with Crippen LogP contribution in [0, 0.1) is 6.92 Å². The molecule has 2 aromatic rings. The standard InChI is InChI=1S/C11H10BrClN2O/c1-7-9(3-4-10(12)15-7)14-6-8-2-5-11(13)16-8/h2-5,14H,6H2,1H3. The normalized spacial score (nSPS) is 10.4. The summed E-state index contributed by atoms with van der Waals surface area (Å²) in [6.45, 7) is 2.54. The molecule has 0 aliphatic heterocycles. The van der Waals surface area contributed by atoms with Gasteiger partial charge in [-0.15, -0.1) is 0 Å². The van der Waals surface area contributed by atoms with Gasteiger partial charge in [0.2, 0.25) is 0 Å². The smallest absolute Gasteiger partial charge is 0.193 e. The Morgan fingerprint density at radius 2 is 2.19 bits per heavy atom. The van der Waals surface area contributed by atoms with Crippen LogP contribution in [0.1, 0.15) is 11.5 Å². The molecule has 0 aliphatic carbocycles. The minimum absolute atomic E-state index is 0.405. The Morgan fingerprint density at radius 1 is 1.38 bits per heavy atom. The van der Waals surface area contributed by atoms with Crippen LogP contribution in [0.5, 0.6) is 0 Å². The van der Waals surface area contributed by atoms with E-state index in [1.165, 1.54) is 0 Å². The molecule has 0 atom stereocenters. The van der Waals surface area contributed by atoms with Gasteiger partial charge in [0.1, 0.15) is 10.4 Å². The van der Waals surface area contributed by atoms with E-state index in [1.54, 1.807) is 6.07 Å². The second-order valence-electron chi connectivity index (χ2n) is 3.33. The van der Waals surface area contributed by atoms with Crippen molar-refractivity contribution in [1.82, 2.24) is 4.98 Å². The van der Waals surface area contributed by atoms with Gasteiger partial charge in [0.25, 0.3) is 0 Å². The van der Waals surface area contributed by atoms with Gasteiger partial charge in [-0.05, 0) is 58.7 Å². The van der Waals surface area contributed by atoms with Crippen molar-refractivity contribution in [2.75, 3.05) is 5.32 Å². The highest BCUT2D eigenvalue weighted by Crippen LogP contribution is 2.18. The molecule has 0 saturated heterocycles.